The SMILES string of the molecule is COc1ccccc1OC(C)CNC(=O)c1ccccc1SC(C)C(=O)O. The van der Waals surface area contributed by atoms with E-state index in [9.17, 15) is 9.59 Å². The molecule has 0 spiro atoms. The number of methoxy groups -OCH3 is 1. The summed E-state index contributed by atoms with van der Waals surface area (Å²) in [5.74, 6) is 0.0354. The minimum atomic E-state index is -0.922. The molecule has 0 saturated heterocycles. The highest BCUT2D eigenvalue weighted by Gasteiger charge is 2.18. The van der Waals surface area contributed by atoms with Crippen molar-refractivity contribution in [3.05, 3.63) is 54.1 Å². The molecule has 0 saturated carbocycles. The number of aliphatic carboxylic acids is 1. The smallest absolute Gasteiger partial charge is 0.316 e. The zero-order valence-electron chi connectivity index (χ0n) is 15.5. The van der Waals surface area contributed by atoms with Crippen molar-refractivity contribution in [3.63, 3.8) is 0 Å². The molecule has 0 aliphatic rings. The van der Waals surface area contributed by atoms with Crippen LogP contribution in [0, 0.1) is 0 Å². The highest BCUT2D eigenvalue weighted by Crippen LogP contribution is 2.28. The van der Waals surface area contributed by atoms with E-state index in [4.69, 9.17) is 14.6 Å². The zero-order valence-corrected chi connectivity index (χ0v) is 16.3. The van der Waals surface area contributed by atoms with Crippen molar-refractivity contribution < 1.29 is 24.2 Å². The molecule has 2 unspecified atom stereocenters. The summed E-state index contributed by atoms with van der Waals surface area (Å²) in [4.78, 5) is 24.3. The summed E-state index contributed by atoms with van der Waals surface area (Å²) in [5.41, 5.74) is 0.445. The Morgan fingerprint density at radius 2 is 1.70 bits per heavy atom. The summed E-state index contributed by atoms with van der Waals surface area (Å²) in [6.45, 7) is 3.73. The fourth-order valence-corrected chi connectivity index (χ4v) is 3.23. The number of carboxylic acid groups (broad SMARTS) is 1. The topological polar surface area (TPSA) is 84.9 Å². The molecule has 27 heavy (non-hydrogen) atoms. The van der Waals surface area contributed by atoms with Crippen LogP contribution in [-0.2, 0) is 4.79 Å². The Bertz CT molecular complexity index is 795. The van der Waals surface area contributed by atoms with Crippen molar-refractivity contribution in [1.29, 1.82) is 0 Å². The molecule has 6 nitrogen and oxygen atoms in total. The average molecular weight is 389 g/mol. The van der Waals surface area contributed by atoms with Crippen molar-refractivity contribution >= 4 is 23.6 Å². The van der Waals surface area contributed by atoms with Crippen LogP contribution < -0.4 is 14.8 Å². The third kappa shape index (κ3) is 5.92. The van der Waals surface area contributed by atoms with Gasteiger partial charge in [0.05, 0.1) is 19.2 Å². The minimum Gasteiger partial charge on any atom is -0.493 e. The lowest BCUT2D eigenvalue weighted by molar-refractivity contribution is -0.136. The molecule has 0 bridgehead atoms. The number of nitrogens with one attached hydrogen (secondary N) is 1. The van der Waals surface area contributed by atoms with Gasteiger partial charge in [0, 0.05) is 4.90 Å². The third-order valence-corrected chi connectivity index (χ3v) is 4.90. The van der Waals surface area contributed by atoms with Gasteiger partial charge in [0.15, 0.2) is 11.5 Å². The Morgan fingerprint density at radius 1 is 1.07 bits per heavy atom. The fourth-order valence-electron chi connectivity index (χ4n) is 2.30. The average Bonchev–Trinajstić information content (AvgIpc) is 2.66. The number of carbonyl (C=O) groups excluding carboxylic acids is 1. The van der Waals surface area contributed by atoms with E-state index in [0.29, 0.717) is 28.5 Å². The molecule has 2 aromatic rings. The van der Waals surface area contributed by atoms with Gasteiger partial charge < -0.3 is 19.9 Å². The van der Waals surface area contributed by atoms with E-state index in [-0.39, 0.29) is 12.0 Å². The zero-order chi connectivity index (χ0) is 19.8. The van der Waals surface area contributed by atoms with Gasteiger partial charge in [-0.2, -0.15) is 0 Å². The number of benzene rings is 2. The van der Waals surface area contributed by atoms with Crippen LogP contribution in [0.3, 0.4) is 0 Å². The number of amides is 1. The first kappa shape index (κ1) is 20.6. The molecule has 7 heteroatoms. The van der Waals surface area contributed by atoms with Gasteiger partial charge in [-0.05, 0) is 38.1 Å². The van der Waals surface area contributed by atoms with Crippen molar-refractivity contribution in [1.82, 2.24) is 5.32 Å². The molecule has 2 aromatic carbocycles. The third-order valence-electron chi connectivity index (χ3n) is 3.73. The molecule has 2 atom stereocenters. The van der Waals surface area contributed by atoms with Crippen molar-refractivity contribution in [2.24, 2.45) is 0 Å². The number of para-hydroxylation sites is 2. The lowest BCUT2D eigenvalue weighted by atomic mass is 10.2. The Kier molecular flexibility index (Phi) is 7.55. The first-order valence-corrected chi connectivity index (χ1v) is 9.36. The van der Waals surface area contributed by atoms with Gasteiger partial charge in [-0.1, -0.05) is 24.3 Å². The summed E-state index contributed by atoms with van der Waals surface area (Å²) >= 11 is 1.14. The van der Waals surface area contributed by atoms with Crippen molar-refractivity contribution in [2.45, 2.75) is 30.1 Å². The van der Waals surface area contributed by atoms with Crippen LogP contribution in [0.2, 0.25) is 0 Å². The van der Waals surface area contributed by atoms with Crippen molar-refractivity contribution in [3.8, 4) is 11.5 Å². The summed E-state index contributed by atoms with van der Waals surface area (Å²) < 4.78 is 11.1. The molecule has 0 radical (unpaired) electrons. The Balaban J connectivity index is 1.98. The normalized spacial score (nSPS) is 12.7. The van der Waals surface area contributed by atoms with Gasteiger partial charge in [-0.15, -0.1) is 11.8 Å². The summed E-state index contributed by atoms with van der Waals surface area (Å²) in [6.07, 6.45) is -0.275. The van der Waals surface area contributed by atoms with Crippen LogP contribution in [0.4, 0.5) is 0 Å². The molecule has 1 amide bonds. The maximum atomic E-state index is 12.5. The predicted molar refractivity (Wildman–Crippen MR) is 105 cm³/mol. The van der Waals surface area contributed by atoms with E-state index in [2.05, 4.69) is 5.32 Å². The number of hydrogen-bond donors (Lipinski definition) is 2. The first-order valence-electron chi connectivity index (χ1n) is 8.48. The lowest BCUT2D eigenvalue weighted by Gasteiger charge is -2.18. The van der Waals surface area contributed by atoms with E-state index in [1.807, 2.05) is 19.1 Å². The second-order valence-electron chi connectivity index (χ2n) is 5.88. The number of rotatable bonds is 9. The monoisotopic (exact) mass is 389 g/mol. The van der Waals surface area contributed by atoms with Crippen LogP contribution in [0.1, 0.15) is 24.2 Å². The molecular weight excluding hydrogens is 366 g/mol. The minimum absolute atomic E-state index is 0.272. The fraction of sp³-hybridized carbons (Fsp3) is 0.300. The van der Waals surface area contributed by atoms with Gasteiger partial charge in [0.2, 0.25) is 0 Å². The van der Waals surface area contributed by atoms with Crippen LogP contribution in [-0.4, -0.2) is 42.0 Å². The number of carbonyl (C=O) groups is 2. The quantitative estimate of drug-likeness (QED) is 0.639. The van der Waals surface area contributed by atoms with E-state index in [0.717, 1.165) is 11.8 Å². The molecule has 144 valence electrons. The summed E-state index contributed by atoms with van der Waals surface area (Å²) in [5, 5.41) is 11.3. The predicted octanol–water partition coefficient (Wildman–Crippen LogP) is 3.46. The van der Waals surface area contributed by atoms with E-state index in [1.165, 1.54) is 0 Å². The van der Waals surface area contributed by atoms with Gasteiger partial charge in [0.1, 0.15) is 11.4 Å². The molecule has 0 aliphatic carbocycles. The van der Waals surface area contributed by atoms with Crippen LogP contribution in [0.5, 0.6) is 11.5 Å². The molecule has 0 fully saturated rings. The molecule has 0 aromatic heterocycles. The van der Waals surface area contributed by atoms with E-state index < -0.39 is 11.2 Å². The molecule has 2 N–H and O–H groups in total. The Morgan fingerprint density at radius 3 is 2.37 bits per heavy atom. The lowest BCUT2D eigenvalue weighted by Crippen LogP contribution is -2.34. The number of hydrogen-bond acceptors (Lipinski definition) is 5. The number of thioether (sulfide) groups is 1. The summed E-state index contributed by atoms with van der Waals surface area (Å²) in [6, 6.07) is 14.3. The van der Waals surface area contributed by atoms with E-state index >= 15 is 0 Å². The summed E-state index contributed by atoms with van der Waals surface area (Å²) in [7, 11) is 1.57. The molecule has 2 rings (SSSR count). The second kappa shape index (κ2) is 9.87. The molecule has 0 heterocycles. The first-order chi connectivity index (χ1) is 12.9. The Labute approximate surface area is 162 Å². The number of carboxylic acids is 1. The van der Waals surface area contributed by atoms with Gasteiger partial charge in [-0.3, -0.25) is 9.59 Å². The highest BCUT2D eigenvalue weighted by molar-refractivity contribution is 8.00. The maximum Gasteiger partial charge on any atom is 0.316 e. The highest BCUT2D eigenvalue weighted by atomic mass is 32.2. The van der Waals surface area contributed by atoms with Crippen LogP contribution >= 0.6 is 11.8 Å². The van der Waals surface area contributed by atoms with E-state index in [1.54, 1.807) is 50.4 Å². The largest absolute Gasteiger partial charge is 0.493 e. The maximum absolute atomic E-state index is 12.5. The van der Waals surface area contributed by atoms with Crippen molar-refractivity contribution in [2.75, 3.05) is 13.7 Å². The van der Waals surface area contributed by atoms with Gasteiger partial charge in [0.25, 0.3) is 5.91 Å². The van der Waals surface area contributed by atoms with Crippen LogP contribution in [0.25, 0.3) is 0 Å². The standard InChI is InChI=1S/C20H23NO5S/c1-13(26-17-10-6-5-9-16(17)25-3)12-21-19(22)15-8-4-7-11-18(15)27-14(2)20(23)24/h4-11,13-14H,12H2,1-3H3,(H,21,22)(H,23,24). The Hall–Kier alpha value is -2.67. The molecule has 0 aliphatic heterocycles. The van der Waals surface area contributed by atoms with Crippen LogP contribution in [0.15, 0.2) is 53.4 Å². The van der Waals surface area contributed by atoms with Gasteiger partial charge >= 0.3 is 5.97 Å². The second-order valence-corrected chi connectivity index (χ2v) is 7.27. The molecular formula is C20H23NO5S. The number of ether oxygens (including phenoxy) is 2. The van der Waals surface area contributed by atoms with Gasteiger partial charge in [-0.25, -0.2) is 0 Å².